The van der Waals surface area contributed by atoms with Crippen molar-refractivity contribution in [2.75, 3.05) is 33.0 Å². The fourth-order valence-corrected chi connectivity index (χ4v) is 1.18. The van der Waals surface area contributed by atoms with Gasteiger partial charge < -0.3 is 24.4 Å². The first-order chi connectivity index (χ1) is 10.2. The molecule has 7 nitrogen and oxygen atoms in total. The van der Waals surface area contributed by atoms with E-state index in [9.17, 15) is 9.59 Å². The second-order valence-electron chi connectivity index (χ2n) is 3.86. The minimum atomic E-state index is -0.783. The van der Waals surface area contributed by atoms with Crippen LogP contribution in [0.25, 0.3) is 0 Å². The molecule has 0 aromatic carbocycles. The molecular formula is C14H22O7. The van der Waals surface area contributed by atoms with Crippen molar-refractivity contribution in [1.82, 2.24) is 0 Å². The van der Waals surface area contributed by atoms with Crippen molar-refractivity contribution in [2.24, 2.45) is 0 Å². The standard InChI is InChI=1S/C14H22O7/c15-8-2-5-10-19-13(17)7-1-4-11-20-14(18)21-12-6-3-9-16/h2-3,5-6,15-16H,1,4,7-12H2. The topological polar surface area (TPSA) is 102 Å². The van der Waals surface area contributed by atoms with Gasteiger partial charge in [-0.3, -0.25) is 4.79 Å². The van der Waals surface area contributed by atoms with Gasteiger partial charge in [0.05, 0.1) is 19.8 Å². The quantitative estimate of drug-likeness (QED) is 0.333. The highest BCUT2D eigenvalue weighted by molar-refractivity contribution is 5.69. The van der Waals surface area contributed by atoms with Crippen LogP contribution in [0.3, 0.4) is 0 Å². The van der Waals surface area contributed by atoms with E-state index in [1.54, 1.807) is 6.08 Å². The van der Waals surface area contributed by atoms with Crippen molar-refractivity contribution in [3.8, 4) is 0 Å². The van der Waals surface area contributed by atoms with Crippen LogP contribution in [0.15, 0.2) is 24.3 Å². The van der Waals surface area contributed by atoms with Crippen LogP contribution in [0.1, 0.15) is 19.3 Å². The number of carbonyl (C=O) groups excluding carboxylic acids is 2. The van der Waals surface area contributed by atoms with Crippen LogP contribution >= 0.6 is 0 Å². The van der Waals surface area contributed by atoms with Crippen molar-refractivity contribution in [3.05, 3.63) is 24.3 Å². The summed E-state index contributed by atoms with van der Waals surface area (Å²) in [6, 6.07) is 0. The minimum absolute atomic E-state index is 0.0487. The molecule has 0 aliphatic rings. The summed E-state index contributed by atoms with van der Waals surface area (Å²) in [6.07, 6.45) is 6.53. The minimum Gasteiger partial charge on any atom is -0.461 e. The summed E-state index contributed by atoms with van der Waals surface area (Å²) >= 11 is 0. The number of unbranched alkanes of at least 4 members (excludes halogenated alkanes) is 1. The van der Waals surface area contributed by atoms with Gasteiger partial charge in [0.15, 0.2) is 0 Å². The van der Waals surface area contributed by atoms with Crippen molar-refractivity contribution < 1.29 is 34.0 Å². The Balaban J connectivity index is 3.42. The monoisotopic (exact) mass is 302 g/mol. The third-order valence-corrected chi connectivity index (χ3v) is 2.18. The Morgan fingerprint density at radius 3 is 2.05 bits per heavy atom. The molecule has 0 amide bonds. The second-order valence-corrected chi connectivity index (χ2v) is 3.86. The average Bonchev–Trinajstić information content (AvgIpc) is 2.48. The average molecular weight is 302 g/mol. The van der Waals surface area contributed by atoms with Crippen LogP contribution in [-0.2, 0) is 19.0 Å². The highest BCUT2D eigenvalue weighted by atomic mass is 16.7. The molecular weight excluding hydrogens is 280 g/mol. The summed E-state index contributed by atoms with van der Waals surface area (Å²) in [4.78, 5) is 22.3. The van der Waals surface area contributed by atoms with E-state index in [4.69, 9.17) is 19.7 Å². The van der Waals surface area contributed by atoms with Gasteiger partial charge in [0.1, 0.15) is 13.2 Å². The van der Waals surface area contributed by atoms with E-state index in [0.717, 1.165) is 0 Å². The fourth-order valence-electron chi connectivity index (χ4n) is 1.18. The molecule has 21 heavy (non-hydrogen) atoms. The highest BCUT2D eigenvalue weighted by Crippen LogP contribution is 1.99. The molecule has 0 unspecified atom stereocenters. The highest BCUT2D eigenvalue weighted by Gasteiger charge is 2.04. The molecule has 0 saturated carbocycles. The predicted octanol–water partition coefficient (Wildman–Crippen LogP) is 0.950. The Morgan fingerprint density at radius 2 is 1.43 bits per heavy atom. The van der Waals surface area contributed by atoms with Crippen LogP contribution in [0.2, 0.25) is 0 Å². The Labute approximate surface area is 123 Å². The smallest absolute Gasteiger partial charge is 0.461 e. The van der Waals surface area contributed by atoms with E-state index < -0.39 is 6.16 Å². The van der Waals surface area contributed by atoms with Gasteiger partial charge in [0.2, 0.25) is 0 Å². The number of esters is 1. The molecule has 0 bridgehead atoms. The lowest BCUT2D eigenvalue weighted by molar-refractivity contribution is -0.142. The maximum Gasteiger partial charge on any atom is 0.508 e. The number of aliphatic hydroxyl groups excluding tert-OH is 2. The summed E-state index contributed by atoms with van der Waals surface area (Å²) in [6.45, 7) is 0.169. The number of aliphatic hydroxyl groups is 2. The Morgan fingerprint density at radius 1 is 0.810 bits per heavy atom. The zero-order chi connectivity index (χ0) is 15.8. The van der Waals surface area contributed by atoms with E-state index in [-0.39, 0.29) is 45.4 Å². The molecule has 0 saturated heterocycles. The van der Waals surface area contributed by atoms with Gasteiger partial charge in [0, 0.05) is 6.42 Å². The SMILES string of the molecule is O=C(CCCCOC(=O)OCC=CCO)OCC=CCO. The Hall–Kier alpha value is -1.86. The maximum absolute atomic E-state index is 11.2. The van der Waals surface area contributed by atoms with Crippen molar-refractivity contribution >= 4 is 12.1 Å². The molecule has 0 fully saturated rings. The molecule has 0 heterocycles. The molecule has 0 aromatic heterocycles. The van der Waals surface area contributed by atoms with Gasteiger partial charge in [-0.1, -0.05) is 12.2 Å². The van der Waals surface area contributed by atoms with Gasteiger partial charge in [-0.15, -0.1) is 0 Å². The first-order valence-corrected chi connectivity index (χ1v) is 6.67. The van der Waals surface area contributed by atoms with Gasteiger partial charge >= 0.3 is 12.1 Å². The van der Waals surface area contributed by atoms with Crippen LogP contribution in [-0.4, -0.2) is 55.4 Å². The first kappa shape index (κ1) is 19.1. The number of carbonyl (C=O) groups is 2. The van der Waals surface area contributed by atoms with E-state index in [2.05, 4.69) is 4.74 Å². The summed E-state index contributed by atoms with van der Waals surface area (Å²) in [5.41, 5.74) is 0. The molecule has 0 atom stereocenters. The molecule has 0 aromatic rings. The van der Waals surface area contributed by atoms with E-state index in [1.807, 2.05) is 0 Å². The lowest BCUT2D eigenvalue weighted by Gasteiger charge is -2.04. The van der Waals surface area contributed by atoms with E-state index in [0.29, 0.717) is 12.8 Å². The van der Waals surface area contributed by atoms with Crippen LogP contribution < -0.4 is 0 Å². The lowest BCUT2D eigenvalue weighted by Crippen LogP contribution is -2.09. The Bertz CT molecular complexity index is 304. The zero-order valence-electron chi connectivity index (χ0n) is 11.9. The van der Waals surface area contributed by atoms with Gasteiger partial charge in [-0.25, -0.2) is 4.79 Å². The third kappa shape index (κ3) is 14.4. The van der Waals surface area contributed by atoms with Gasteiger partial charge in [-0.2, -0.15) is 0 Å². The van der Waals surface area contributed by atoms with Crippen LogP contribution in [0.5, 0.6) is 0 Å². The molecule has 0 radical (unpaired) electrons. The molecule has 0 aliphatic carbocycles. The fraction of sp³-hybridized carbons (Fsp3) is 0.571. The number of hydrogen-bond donors (Lipinski definition) is 2. The molecule has 120 valence electrons. The number of ether oxygens (including phenoxy) is 3. The van der Waals surface area contributed by atoms with E-state index in [1.165, 1.54) is 18.2 Å². The van der Waals surface area contributed by atoms with Crippen LogP contribution in [0.4, 0.5) is 4.79 Å². The number of hydrogen-bond acceptors (Lipinski definition) is 7. The van der Waals surface area contributed by atoms with Gasteiger partial charge in [0.25, 0.3) is 0 Å². The van der Waals surface area contributed by atoms with E-state index >= 15 is 0 Å². The summed E-state index contributed by atoms with van der Waals surface area (Å²) in [5.74, 6) is -0.339. The molecule has 2 N–H and O–H groups in total. The number of rotatable bonds is 11. The molecule has 0 spiro atoms. The van der Waals surface area contributed by atoms with Crippen LogP contribution in [0, 0.1) is 0 Å². The predicted molar refractivity (Wildman–Crippen MR) is 74.6 cm³/mol. The summed E-state index contributed by atoms with van der Waals surface area (Å²) in [5, 5.41) is 16.9. The zero-order valence-corrected chi connectivity index (χ0v) is 11.9. The normalized spacial score (nSPS) is 11.0. The maximum atomic E-state index is 11.2. The summed E-state index contributed by atoms with van der Waals surface area (Å²) < 4.78 is 14.3. The Kier molecular flexibility index (Phi) is 13.3. The third-order valence-electron chi connectivity index (χ3n) is 2.18. The first-order valence-electron chi connectivity index (χ1n) is 6.67. The largest absolute Gasteiger partial charge is 0.508 e. The van der Waals surface area contributed by atoms with Crippen molar-refractivity contribution in [1.29, 1.82) is 0 Å². The molecule has 0 aliphatic heterocycles. The lowest BCUT2D eigenvalue weighted by atomic mass is 10.2. The van der Waals surface area contributed by atoms with Crippen molar-refractivity contribution in [2.45, 2.75) is 19.3 Å². The summed E-state index contributed by atoms with van der Waals surface area (Å²) in [7, 11) is 0. The molecule has 0 rings (SSSR count). The molecule has 7 heteroatoms. The van der Waals surface area contributed by atoms with Gasteiger partial charge in [-0.05, 0) is 25.0 Å². The second kappa shape index (κ2) is 14.5. The van der Waals surface area contributed by atoms with Crippen molar-refractivity contribution in [3.63, 3.8) is 0 Å².